The van der Waals surface area contributed by atoms with E-state index >= 15 is 0 Å². The van der Waals surface area contributed by atoms with Crippen molar-refractivity contribution in [2.75, 3.05) is 20.3 Å². The Labute approximate surface area is 98.7 Å². The third-order valence-electron chi connectivity index (χ3n) is 2.28. The Morgan fingerprint density at radius 2 is 2.06 bits per heavy atom. The van der Waals surface area contributed by atoms with Gasteiger partial charge < -0.3 is 14.8 Å². The molecule has 0 rings (SSSR count). The summed E-state index contributed by atoms with van der Waals surface area (Å²) in [4.78, 5) is 11.4. The molecule has 1 atom stereocenters. The van der Waals surface area contributed by atoms with E-state index in [1.54, 1.807) is 0 Å². The van der Waals surface area contributed by atoms with E-state index in [4.69, 9.17) is 9.47 Å². The van der Waals surface area contributed by atoms with Crippen LogP contribution >= 0.6 is 0 Å². The first-order valence-corrected chi connectivity index (χ1v) is 6.04. The highest BCUT2D eigenvalue weighted by Gasteiger charge is 2.17. The van der Waals surface area contributed by atoms with Gasteiger partial charge in [0, 0.05) is 6.54 Å². The second kappa shape index (κ2) is 9.60. The normalized spacial score (nSPS) is 12.8. The van der Waals surface area contributed by atoms with Crippen LogP contribution in [0.2, 0.25) is 0 Å². The average Bonchev–Trinajstić information content (AvgIpc) is 2.26. The lowest BCUT2D eigenvalue weighted by Crippen LogP contribution is -2.39. The largest absolute Gasteiger partial charge is 0.468 e. The van der Waals surface area contributed by atoms with Gasteiger partial charge in [0.15, 0.2) is 0 Å². The van der Waals surface area contributed by atoms with Crippen LogP contribution in [-0.4, -0.2) is 38.4 Å². The van der Waals surface area contributed by atoms with Gasteiger partial charge in [-0.3, -0.25) is 4.79 Å². The van der Waals surface area contributed by atoms with Gasteiger partial charge in [-0.05, 0) is 20.3 Å². The molecule has 1 unspecified atom stereocenters. The SMILES string of the molecule is CCCCC(NCCOC(C)C)C(=O)OC. The Morgan fingerprint density at radius 1 is 1.38 bits per heavy atom. The lowest BCUT2D eigenvalue weighted by Gasteiger charge is -2.16. The van der Waals surface area contributed by atoms with Crippen LogP contribution in [0.15, 0.2) is 0 Å². The van der Waals surface area contributed by atoms with E-state index in [1.807, 2.05) is 13.8 Å². The van der Waals surface area contributed by atoms with Crippen molar-refractivity contribution in [3.8, 4) is 0 Å². The Bertz CT molecular complexity index is 183. The topological polar surface area (TPSA) is 47.6 Å². The van der Waals surface area contributed by atoms with Crippen molar-refractivity contribution in [3.05, 3.63) is 0 Å². The number of unbranched alkanes of at least 4 members (excludes halogenated alkanes) is 1. The van der Waals surface area contributed by atoms with Crippen LogP contribution < -0.4 is 5.32 Å². The maximum atomic E-state index is 11.4. The van der Waals surface area contributed by atoms with Crippen LogP contribution in [0.4, 0.5) is 0 Å². The highest BCUT2D eigenvalue weighted by Crippen LogP contribution is 2.02. The van der Waals surface area contributed by atoms with E-state index in [1.165, 1.54) is 7.11 Å². The molecule has 0 fully saturated rings. The summed E-state index contributed by atoms with van der Waals surface area (Å²) in [6.07, 6.45) is 3.16. The fraction of sp³-hybridized carbons (Fsp3) is 0.917. The quantitative estimate of drug-likeness (QED) is 0.485. The van der Waals surface area contributed by atoms with Gasteiger partial charge in [-0.15, -0.1) is 0 Å². The molecule has 4 heteroatoms. The number of ether oxygens (including phenoxy) is 2. The van der Waals surface area contributed by atoms with Crippen molar-refractivity contribution < 1.29 is 14.3 Å². The maximum absolute atomic E-state index is 11.4. The van der Waals surface area contributed by atoms with Crippen LogP contribution in [0.1, 0.15) is 40.0 Å². The minimum absolute atomic E-state index is 0.182. The molecule has 0 aliphatic heterocycles. The summed E-state index contributed by atoms with van der Waals surface area (Å²) in [6, 6.07) is -0.194. The molecule has 0 heterocycles. The Kier molecular flexibility index (Phi) is 9.24. The number of carbonyl (C=O) groups excluding carboxylic acids is 1. The molecule has 0 bridgehead atoms. The van der Waals surface area contributed by atoms with Gasteiger partial charge in [-0.2, -0.15) is 0 Å². The zero-order valence-electron chi connectivity index (χ0n) is 10.9. The fourth-order valence-corrected chi connectivity index (χ4v) is 1.38. The standard InChI is InChI=1S/C12H25NO3/c1-5-6-7-11(12(14)15-4)13-8-9-16-10(2)3/h10-11,13H,5-9H2,1-4H3. The average molecular weight is 231 g/mol. The number of esters is 1. The molecule has 0 saturated carbocycles. The summed E-state index contributed by atoms with van der Waals surface area (Å²) < 4.78 is 10.1. The van der Waals surface area contributed by atoms with E-state index in [2.05, 4.69) is 12.2 Å². The van der Waals surface area contributed by atoms with Gasteiger partial charge >= 0.3 is 5.97 Å². The molecule has 0 aliphatic carbocycles. The smallest absolute Gasteiger partial charge is 0.322 e. The number of methoxy groups -OCH3 is 1. The van der Waals surface area contributed by atoms with Gasteiger partial charge in [0.1, 0.15) is 6.04 Å². The summed E-state index contributed by atoms with van der Waals surface area (Å²) >= 11 is 0. The molecule has 0 aromatic heterocycles. The number of rotatable bonds is 9. The van der Waals surface area contributed by atoms with E-state index in [-0.39, 0.29) is 18.1 Å². The van der Waals surface area contributed by atoms with Gasteiger partial charge in [0.2, 0.25) is 0 Å². The first kappa shape index (κ1) is 15.4. The molecule has 0 aliphatic rings. The van der Waals surface area contributed by atoms with E-state index in [9.17, 15) is 4.79 Å². The maximum Gasteiger partial charge on any atom is 0.322 e. The number of nitrogens with one attached hydrogen (secondary N) is 1. The third-order valence-corrected chi connectivity index (χ3v) is 2.28. The van der Waals surface area contributed by atoms with Crippen molar-refractivity contribution >= 4 is 5.97 Å². The van der Waals surface area contributed by atoms with Gasteiger partial charge in [-0.1, -0.05) is 19.8 Å². The lowest BCUT2D eigenvalue weighted by atomic mass is 10.1. The Morgan fingerprint density at radius 3 is 2.56 bits per heavy atom. The molecule has 0 saturated heterocycles. The molecule has 4 nitrogen and oxygen atoms in total. The summed E-state index contributed by atoms with van der Waals surface area (Å²) in [7, 11) is 1.42. The van der Waals surface area contributed by atoms with Crippen molar-refractivity contribution in [2.24, 2.45) is 0 Å². The van der Waals surface area contributed by atoms with Crippen LogP contribution in [-0.2, 0) is 14.3 Å². The first-order chi connectivity index (χ1) is 7.61. The van der Waals surface area contributed by atoms with Crippen LogP contribution in [0.25, 0.3) is 0 Å². The Hall–Kier alpha value is -0.610. The third kappa shape index (κ3) is 7.65. The van der Waals surface area contributed by atoms with E-state index < -0.39 is 0 Å². The van der Waals surface area contributed by atoms with Gasteiger partial charge in [0.05, 0.1) is 19.8 Å². The first-order valence-electron chi connectivity index (χ1n) is 6.04. The molecular formula is C12H25NO3. The van der Waals surface area contributed by atoms with E-state index in [0.717, 1.165) is 19.3 Å². The minimum Gasteiger partial charge on any atom is -0.468 e. The Balaban J connectivity index is 3.78. The second-order valence-corrected chi connectivity index (χ2v) is 4.09. The molecule has 96 valence electrons. The minimum atomic E-state index is -0.194. The van der Waals surface area contributed by atoms with Crippen molar-refractivity contribution in [2.45, 2.75) is 52.2 Å². The molecule has 1 N–H and O–H groups in total. The summed E-state index contributed by atoms with van der Waals surface area (Å²) in [5, 5.41) is 3.16. The van der Waals surface area contributed by atoms with Gasteiger partial charge in [-0.25, -0.2) is 0 Å². The zero-order valence-corrected chi connectivity index (χ0v) is 10.9. The molecule has 16 heavy (non-hydrogen) atoms. The molecule has 0 spiro atoms. The highest BCUT2D eigenvalue weighted by atomic mass is 16.5. The molecule has 0 aromatic rings. The predicted molar refractivity (Wildman–Crippen MR) is 64.4 cm³/mol. The van der Waals surface area contributed by atoms with Gasteiger partial charge in [0.25, 0.3) is 0 Å². The van der Waals surface area contributed by atoms with Crippen molar-refractivity contribution in [1.82, 2.24) is 5.32 Å². The zero-order chi connectivity index (χ0) is 12.4. The number of hydrogen-bond donors (Lipinski definition) is 1. The summed E-state index contributed by atoms with van der Waals surface area (Å²) in [6.45, 7) is 7.40. The summed E-state index contributed by atoms with van der Waals surface area (Å²) in [5.74, 6) is -0.182. The lowest BCUT2D eigenvalue weighted by molar-refractivity contribution is -0.143. The number of carbonyl (C=O) groups is 1. The monoisotopic (exact) mass is 231 g/mol. The number of hydrogen-bond acceptors (Lipinski definition) is 4. The van der Waals surface area contributed by atoms with Crippen molar-refractivity contribution in [3.63, 3.8) is 0 Å². The molecular weight excluding hydrogens is 206 g/mol. The fourth-order valence-electron chi connectivity index (χ4n) is 1.38. The second-order valence-electron chi connectivity index (χ2n) is 4.09. The summed E-state index contributed by atoms with van der Waals surface area (Å²) in [5.41, 5.74) is 0. The molecule has 0 amide bonds. The molecule has 0 radical (unpaired) electrons. The predicted octanol–water partition coefficient (Wildman–Crippen LogP) is 1.73. The van der Waals surface area contributed by atoms with Crippen LogP contribution in [0.5, 0.6) is 0 Å². The van der Waals surface area contributed by atoms with Crippen LogP contribution in [0, 0.1) is 0 Å². The van der Waals surface area contributed by atoms with Crippen molar-refractivity contribution in [1.29, 1.82) is 0 Å². The van der Waals surface area contributed by atoms with Crippen LogP contribution in [0.3, 0.4) is 0 Å². The van der Waals surface area contributed by atoms with E-state index in [0.29, 0.717) is 13.2 Å². The molecule has 0 aromatic carbocycles. The highest BCUT2D eigenvalue weighted by molar-refractivity contribution is 5.75.